The number of amides is 1. The van der Waals surface area contributed by atoms with E-state index in [0.717, 1.165) is 6.07 Å². The maximum absolute atomic E-state index is 11.0. The molecule has 20 heavy (non-hydrogen) atoms. The van der Waals surface area contributed by atoms with E-state index in [2.05, 4.69) is 10.1 Å². The second kappa shape index (κ2) is 6.48. The van der Waals surface area contributed by atoms with E-state index in [1.807, 2.05) is 0 Å². The van der Waals surface area contributed by atoms with Crippen LogP contribution in [0.1, 0.15) is 10.4 Å². The predicted molar refractivity (Wildman–Crippen MR) is 68.5 cm³/mol. The molecule has 1 atom stereocenters. The van der Waals surface area contributed by atoms with E-state index < -0.39 is 22.9 Å². The Hall–Kier alpha value is -2.68. The summed E-state index contributed by atoms with van der Waals surface area (Å²) in [5.41, 5.74) is 4.73. The molecule has 0 fully saturated rings. The van der Waals surface area contributed by atoms with Crippen molar-refractivity contribution in [3.63, 3.8) is 0 Å². The number of aliphatic carboxylic acids is 1. The number of rotatable bonds is 7. The summed E-state index contributed by atoms with van der Waals surface area (Å²) < 4.78 is 4.69. The molecular formula is C11H13N3O6. The standard InChI is InChI=1S/C11H13N3O6/c1-20-9(11(16)17)5-13-7-3-2-6(10(12)15)4-8(7)14(18)19/h2-4,9,13H,5H2,1H3,(H2,12,15)(H,16,17). The molecule has 0 aromatic heterocycles. The number of nitro groups is 1. The number of benzene rings is 1. The molecule has 0 radical (unpaired) electrons. The van der Waals surface area contributed by atoms with Gasteiger partial charge in [0.25, 0.3) is 5.69 Å². The van der Waals surface area contributed by atoms with Gasteiger partial charge in [-0.3, -0.25) is 14.9 Å². The Bertz CT molecular complexity index is 545. The minimum absolute atomic E-state index is 0.0104. The Morgan fingerprint density at radius 1 is 1.55 bits per heavy atom. The third-order valence-corrected chi connectivity index (χ3v) is 2.52. The normalized spacial score (nSPS) is 11.7. The second-order valence-electron chi connectivity index (χ2n) is 3.80. The molecule has 4 N–H and O–H groups in total. The molecule has 108 valence electrons. The van der Waals surface area contributed by atoms with E-state index >= 15 is 0 Å². The van der Waals surface area contributed by atoms with Crippen molar-refractivity contribution in [3.05, 3.63) is 33.9 Å². The number of primary amides is 1. The molecule has 0 aliphatic carbocycles. The number of carboxylic acid groups (broad SMARTS) is 1. The highest BCUT2D eigenvalue weighted by molar-refractivity contribution is 5.94. The molecule has 0 saturated carbocycles. The first kappa shape index (κ1) is 15.4. The zero-order valence-electron chi connectivity index (χ0n) is 10.5. The molecule has 0 aliphatic heterocycles. The summed E-state index contributed by atoms with van der Waals surface area (Å²) in [6, 6.07) is 3.61. The highest BCUT2D eigenvalue weighted by atomic mass is 16.6. The van der Waals surface area contributed by atoms with Crippen LogP contribution in [0.2, 0.25) is 0 Å². The van der Waals surface area contributed by atoms with Crippen LogP contribution in [0.25, 0.3) is 0 Å². The van der Waals surface area contributed by atoms with Gasteiger partial charge in [0.2, 0.25) is 5.91 Å². The minimum atomic E-state index is -1.20. The van der Waals surface area contributed by atoms with Gasteiger partial charge in [0.05, 0.1) is 11.5 Å². The monoisotopic (exact) mass is 283 g/mol. The van der Waals surface area contributed by atoms with Crippen LogP contribution < -0.4 is 11.1 Å². The molecule has 0 aliphatic rings. The number of carbonyl (C=O) groups is 2. The van der Waals surface area contributed by atoms with Crippen molar-refractivity contribution in [1.29, 1.82) is 0 Å². The fraction of sp³-hybridized carbons (Fsp3) is 0.273. The van der Waals surface area contributed by atoms with Gasteiger partial charge in [-0.2, -0.15) is 0 Å². The lowest BCUT2D eigenvalue weighted by Crippen LogP contribution is -2.30. The fourth-order valence-corrected chi connectivity index (χ4v) is 1.46. The van der Waals surface area contributed by atoms with Crippen LogP contribution in [0.4, 0.5) is 11.4 Å². The lowest BCUT2D eigenvalue weighted by molar-refractivity contribution is -0.384. The van der Waals surface area contributed by atoms with Crippen molar-refractivity contribution in [1.82, 2.24) is 0 Å². The maximum Gasteiger partial charge on any atom is 0.334 e. The molecule has 0 heterocycles. The molecule has 0 spiro atoms. The van der Waals surface area contributed by atoms with Gasteiger partial charge in [0.15, 0.2) is 6.10 Å². The molecule has 1 aromatic rings. The van der Waals surface area contributed by atoms with E-state index in [1.54, 1.807) is 0 Å². The zero-order valence-corrected chi connectivity index (χ0v) is 10.5. The van der Waals surface area contributed by atoms with Gasteiger partial charge in [0.1, 0.15) is 5.69 Å². The van der Waals surface area contributed by atoms with Crippen molar-refractivity contribution in [2.45, 2.75) is 6.10 Å². The molecule has 1 unspecified atom stereocenters. The number of nitrogens with zero attached hydrogens (tertiary/aromatic N) is 1. The van der Waals surface area contributed by atoms with Crippen LogP contribution in [-0.4, -0.2) is 41.7 Å². The number of methoxy groups -OCH3 is 1. The highest BCUT2D eigenvalue weighted by Gasteiger charge is 2.20. The van der Waals surface area contributed by atoms with Crippen LogP contribution in [0.5, 0.6) is 0 Å². The van der Waals surface area contributed by atoms with Gasteiger partial charge in [-0.15, -0.1) is 0 Å². The second-order valence-corrected chi connectivity index (χ2v) is 3.80. The molecule has 9 heteroatoms. The predicted octanol–water partition coefficient (Wildman–Crippen LogP) is 0.205. The maximum atomic E-state index is 11.0. The summed E-state index contributed by atoms with van der Waals surface area (Å²) in [4.78, 5) is 31.9. The number of nitrogens with two attached hydrogens (primary N) is 1. The van der Waals surface area contributed by atoms with Crippen LogP contribution in [-0.2, 0) is 9.53 Å². The average Bonchev–Trinajstić information content (AvgIpc) is 2.38. The Morgan fingerprint density at radius 3 is 2.65 bits per heavy atom. The Kier molecular flexibility index (Phi) is 4.98. The Balaban J connectivity index is 2.97. The van der Waals surface area contributed by atoms with Gasteiger partial charge in [-0.1, -0.05) is 0 Å². The molecule has 9 nitrogen and oxygen atoms in total. The summed E-state index contributed by atoms with van der Waals surface area (Å²) in [7, 11) is 1.21. The summed E-state index contributed by atoms with van der Waals surface area (Å²) in [6.07, 6.45) is -1.15. The Labute approximate surface area is 113 Å². The molecule has 1 rings (SSSR count). The van der Waals surface area contributed by atoms with Crippen molar-refractivity contribution >= 4 is 23.3 Å². The molecule has 1 amide bonds. The third kappa shape index (κ3) is 3.65. The van der Waals surface area contributed by atoms with Crippen molar-refractivity contribution in [2.24, 2.45) is 5.73 Å². The summed E-state index contributed by atoms with van der Waals surface area (Å²) in [5.74, 6) is -1.99. The number of hydrogen-bond acceptors (Lipinski definition) is 6. The first-order chi connectivity index (χ1) is 9.36. The summed E-state index contributed by atoms with van der Waals surface area (Å²) >= 11 is 0. The number of nitro benzene ring substituents is 1. The molecule has 0 bridgehead atoms. The first-order valence-corrected chi connectivity index (χ1v) is 5.44. The minimum Gasteiger partial charge on any atom is -0.479 e. The third-order valence-electron chi connectivity index (χ3n) is 2.52. The van der Waals surface area contributed by atoms with E-state index in [1.165, 1.54) is 19.2 Å². The summed E-state index contributed by atoms with van der Waals surface area (Å²) in [6.45, 7) is -0.164. The number of carbonyl (C=O) groups excluding carboxylic acids is 1. The largest absolute Gasteiger partial charge is 0.479 e. The molecular weight excluding hydrogens is 270 g/mol. The Morgan fingerprint density at radius 2 is 2.20 bits per heavy atom. The van der Waals surface area contributed by atoms with Gasteiger partial charge in [-0.25, -0.2) is 4.79 Å². The van der Waals surface area contributed by atoms with E-state index in [4.69, 9.17) is 10.8 Å². The first-order valence-electron chi connectivity index (χ1n) is 5.44. The number of nitrogens with one attached hydrogen (secondary N) is 1. The van der Waals surface area contributed by atoms with Crippen LogP contribution in [0.3, 0.4) is 0 Å². The lowest BCUT2D eigenvalue weighted by atomic mass is 10.1. The number of carboxylic acids is 1. The van der Waals surface area contributed by atoms with Crippen LogP contribution in [0.15, 0.2) is 18.2 Å². The van der Waals surface area contributed by atoms with Gasteiger partial charge in [0, 0.05) is 18.7 Å². The smallest absolute Gasteiger partial charge is 0.334 e. The van der Waals surface area contributed by atoms with E-state index in [-0.39, 0.29) is 23.5 Å². The van der Waals surface area contributed by atoms with Gasteiger partial charge >= 0.3 is 5.97 Å². The van der Waals surface area contributed by atoms with Crippen molar-refractivity contribution in [3.8, 4) is 0 Å². The number of anilines is 1. The topological polar surface area (TPSA) is 145 Å². The lowest BCUT2D eigenvalue weighted by Gasteiger charge is -2.12. The quantitative estimate of drug-likeness (QED) is 0.478. The van der Waals surface area contributed by atoms with Crippen LogP contribution in [0, 0.1) is 10.1 Å². The van der Waals surface area contributed by atoms with Gasteiger partial charge < -0.3 is 20.9 Å². The average molecular weight is 283 g/mol. The van der Waals surface area contributed by atoms with Crippen LogP contribution >= 0.6 is 0 Å². The molecule has 1 aromatic carbocycles. The SMILES string of the molecule is COC(CNc1ccc(C(N)=O)cc1[N+](=O)[O-])C(=O)O. The zero-order chi connectivity index (χ0) is 15.3. The van der Waals surface area contributed by atoms with Crippen molar-refractivity contribution < 1.29 is 24.4 Å². The number of hydrogen-bond donors (Lipinski definition) is 3. The van der Waals surface area contributed by atoms with E-state index in [9.17, 15) is 19.7 Å². The van der Waals surface area contributed by atoms with Crippen molar-refractivity contribution in [2.75, 3.05) is 19.0 Å². The van der Waals surface area contributed by atoms with Gasteiger partial charge in [-0.05, 0) is 12.1 Å². The highest BCUT2D eigenvalue weighted by Crippen LogP contribution is 2.25. The van der Waals surface area contributed by atoms with E-state index in [0.29, 0.717) is 0 Å². The molecule has 0 saturated heterocycles. The number of ether oxygens (including phenoxy) is 1. The summed E-state index contributed by atoms with van der Waals surface area (Å²) in [5, 5.41) is 22.3. The fourth-order valence-electron chi connectivity index (χ4n) is 1.46.